The Balaban J connectivity index is 1.65. The Bertz CT molecular complexity index is 1020. The van der Waals surface area contributed by atoms with Crippen LogP contribution in [0.4, 0.5) is 5.69 Å². The van der Waals surface area contributed by atoms with Crippen molar-refractivity contribution < 1.29 is 9.59 Å². The second kappa shape index (κ2) is 8.95. The number of amides is 2. The number of anilines is 1. The molecule has 0 aliphatic rings. The highest BCUT2D eigenvalue weighted by molar-refractivity contribution is 6.03. The Kier molecular flexibility index (Phi) is 6.17. The Morgan fingerprint density at radius 1 is 0.893 bits per heavy atom. The van der Waals surface area contributed by atoms with Gasteiger partial charge in [0, 0.05) is 17.7 Å². The van der Waals surface area contributed by atoms with Crippen LogP contribution in [-0.2, 0) is 4.79 Å². The van der Waals surface area contributed by atoms with Gasteiger partial charge in [-0.15, -0.1) is 0 Å². The molecule has 0 unspecified atom stereocenters. The van der Waals surface area contributed by atoms with E-state index in [1.165, 1.54) is 0 Å². The van der Waals surface area contributed by atoms with E-state index in [0.717, 1.165) is 28.5 Å². The summed E-state index contributed by atoms with van der Waals surface area (Å²) in [6.07, 6.45) is 1.27. The zero-order chi connectivity index (χ0) is 19.9. The van der Waals surface area contributed by atoms with Crippen molar-refractivity contribution in [3.05, 3.63) is 77.9 Å². The van der Waals surface area contributed by atoms with E-state index in [2.05, 4.69) is 21.9 Å². The first-order chi connectivity index (χ1) is 13.6. The van der Waals surface area contributed by atoms with Gasteiger partial charge in [-0.1, -0.05) is 43.3 Å². The molecule has 2 amide bonds. The van der Waals surface area contributed by atoms with Gasteiger partial charge in [-0.05, 0) is 60.0 Å². The standard InChI is InChI=1S/C23H23N3O2/c1-3-6-22(27)24-21-13-11-18(12-14-21)23(28)26-25-16(2)19-10-9-17-7-4-5-8-20(17)15-19/h4-5,7-15H,3,6H2,1-2H3,(H,24,27)(H,26,28)/b25-16+. The Hall–Kier alpha value is -3.47. The maximum absolute atomic E-state index is 12.3. The molecule has 5 nitrogen and oxygen atoms in total. The number of benzene rings is 3. The van der Waals surface area contributed by atoms with Crippen LogP contribution in [0, 0.1) is 0 Å². The number of hydrogen-bond donors (Lipinski definition) is 2. The first-order valence-corrected chi connectivity index (χ1v) is 9.30. The van der Waals surface area contributed by atoms with Gasteiger partial charge in [-0.3, -0.25) is 9.59 Å². The summed E-state index contributed by atoms with van der Waals surface area (Å²) in [5.41, 5.74) is 5.41. The first kappa shape index (κ1) is 19.3. The first-order valence-electron chi connectivity index (χ1n) is 9.30. The van der Waals surface area contributed by atoms with E-state index in [1.54, 1.807) is 24.3 Å². The molecular formula is C23H23N3O2. The largest absolute Gasteiger partial charge is 0.326 e. The summed E-state index contributed by atoms with van der Waals surface area (Å²) >= 11 is 0. The van der Waals surface area contributed by atoms with Crippen LogP contribution in [0.5, 0.6) is 0 Å². The lowest BCUT2D eigenvalue weighted by Gasteiger charge is -2.07. The van der Waals surface area contributed by atoms with Gasteiger partial charge in [0.15, 0.2) is 0 Å². The second-order valence-electron chi connectivity index (χ2n) is 6.58. The molecule has 0 aliphatic heterocycles. The molecule has 0 spiro atoms. The number of nitrogens with zero attached hydrogens (tertiary/aromatic N) is 1. The van der Waals surface area contributed by atoms with Crippen LogP contribution in [-0.4, -0.2) is 17.5 Å². The summed E-state index contributed by atoms with van der Waals surface area (Å²) in [6.45, 7) is 3.81. The van der Waals surface area contributed by atoms with Crippen LogP contribution >= 0.6 is 0 Å². The van der Waals surface area contributed by atoms with E-state index in [1.807, 2.05) is 50.2 Å². The van der Waals surface area contributed by atoms with Crippen molar-refractivity contribution in [1.82, 2.24) is 5.43 Å². The lowest BCUT2D eigenvalue weighted by molar-refractivity contribution is -0.116. The molecule has 0 atom stereocenters. The number of carbonyl (C=O) groups excluding carboxylic acids is 2. The lowest BCUT2D eigenvalue weighted by atomic mass is 10.0. The third kappa shape index (κ3) is 4.82. The van der Waals surface area contributed by atoms with Gasteiger partial charge in [0.05, 0.1) is 5.71 Å². The molecule has 0 saturated heterocycles. The van der Waals surface area contributed by atoms with Crippen molar-refractivity contribution >= 4 is 34.0 Å². The van der Waals surface area contributed by atoms with Gasteiger partial charge in [-0.25, -0.2) is 5.43 Å². The highest BCUT2D eigenvalue weighted by atomic mass is 16.2. The number of rotatable bonds is 6. The summed E-state index contributed by atoms with van der Waals surface area (Å²) < 4.78 is 0. The van der Waals surface area contributed by atoms with Gasteiger partial charge in [0.25, 0.3) is 5.91 Å². The van der Waals surface area contributed by atoms with Crippen LogP contribution < -0.4 is 10.7 Å². The lowest BCUT2D eigenvalue weighted by Crippen LogP contribution is -2.19. The Morgan fingerprint density at radius 2 is 1.57 bits per heavy atom. The van der Waals surface area contributed by atoms with E-state index in [-0.39, 0.29) is 11.8 Å². The average molecular weight is 373 g/mol. The second-order valence-corrected chi connectivity index (χ2v) is 6.58. The smallest absolute Gasteiger partial charge is 0.271 e. The van der Waals surface area contributed by atoms with Crippen molar-refractivity contribution in [3.8, 4) is 0 Å². The van der Waals surface area contributed by atoms with E-state index in [4.69, 9.17) is 0 Å². The number of hydrazone groups is 1. The molecule has 0 aromatic heterocycles. The summed E-state index contributed by atoms with van der Waals surface area (Å²) in [6, 6.07) is 20.9. The number of nitrogens with one attached hydrogen (secondary N) is 2. The van der Waals surface area contributed by atoms with Crippen LogP contribution in [0.25, 0.3) is 10.8 Å². The van der Waals surface area contributed by atoms with Crippen molar-refractivity contribution in [2.45, 2.75) is 26.7 Å². The zero-order valence-electron chi connectivity index (χ0n) is 16.0. The van der Waals surface area contributed by atoms with Gasteiger partial charge < -0.3 is 5.32 Å². The molecule has 3 aromatic rings. The van der Waals surface area contributed by atoms with E-state index < -0.39 is 0 Å². The molecule has 2 N–H and O–H groups in total. The maximum atomic E-state index is 12.3. The summed E-state index contributed by atoms with van der Waals surface area (Å²) in [5.74, 6) is -0.332. The molecule has 142 valence electrons. The van der Waals surface area contributed by atoms with Gasteiger partial charge >= 0.3 is 0 Å². The summed E-state index contributed by atoms with van der Waals surface area (Å²) in [4.78, 5) is 23.9. The van der Waals surface area contributed by atoms with Gasteiger partial charge in [0.2, 0.25) is 5.91 Å². The molecule has 28 heavy (non-hydrogen) atoms. The molecule has 0 heterocycles. The molecular weight excluding hydrogens is 350 g/mol. The molecule has 0 fully saturated rings. The van der Waals surface area contributed by atoms with Gasteiger partial charge in [0.1, 0.15) is 0 Å². The number of hydrogen-bond acceptors (Lipinski definition) is 3. The highest BCUT2D eigenvalue weighted by Crippen LogP contribution is 2.16. The predicted molar refractivity (Wildman–Crippen MR) is 114 cm³/mol. The third-order valence-corrected chi connectivity index (χ3v) is 4.40. The van der Waals surface area contributed by atoms with Crippen molar-refractivity contribution in [2.75, 3.05) is 5.32 Å². The topological polar surface area (TPSA) is 70.6 Å². The molecule has 5 heteroatoms. The van der Waals surface area contributed by atoms with E-state index >= 15 is 0 Å². The van der Waals surface area contributed by atoms with Gasteiger partial charge in [-0.2, -0.15) is 5.10 Å². The fourth-order valence-corrected chi connectivity index (χ4v) is 2.83. The Morgan fingerprint density at radius 3 is 2.29 bits per heavy atom. The zero-order valence-corrected chi connectivity index (χ0v) is 16.0. The van der Waals surface area contributed by atoms with Crippen molar-refractivity contribution in [2.24, 2.45) is 5.10 Å². The minimum atomic E-state index is -0.299. The predicted octanol–water partition coefficient (Wildman–Crippen LogP) is 4.73. The van der Waals surface area contributed by atoms with Crippen LogP contribution in [0.1, 0.15) is 42.6 Å². The monoisotopic (exact) mass is 373 g/mol. The fraction of sp³-hybridized carbons (Fsp3) is 0.174. The molecule has 3 rings (SSSR count). The molecule has 0 bridgehead atoms. The number of carbonyl (C=O) groups is 2. The third-order valence-electron chi connectivity index (χ3n) is 4.40. The fourth-order valence-electron chi connectivity index (χ4n) is 2.83. The van der Waals surface area contributed by atoms with Crippen LogP contribution in [0.3, 0.4) is 0 Å². The van der Waals surface area contributed by atoms with Crippen LogP contribution in [0.2, 0.25) is 0 Å². The molecule has 0 aliphatic carbocycles. The Labute approximate surface area is 164 Å². The minimum Gasteiger partial charge on any atom is -0.326 e. The minimum absolute atomic E-state index is 0.0321. The SMILES string of the molecule is CCCC(=O)Nc1ccc(C(=O)N/N=C(\C)c2ccc3ccccc3c2)cc1. The normalized spacial score (nSPS) is 11.3. The van der Waals surface area contributed by atoms with Crippen molar-refractivity contribution in [3.63, 3.8) is 0 Å². The quantitative estimate of drug-likeness (QED) is 0.484. The number of fused-ring (bicyclic) bond motifs is 1. The van der Waals surface area contributed by atoms with E-state index in [9.17, 15) is 9.59 Å². The van der Waals surface area contributed by atoms with E-state index in [0.29, 0.717) is 17.7 Å². The average Bonchev–Trinajstić information content (AvgIpc) is 2.72. The van der Waals surface area contributed by atoms with Crippen LogP contribution in [0.15, 0.2) is 71.8 Å². The highest BCUT2D eigenvalue weighted by Gasteiger charge is 2.07. The molecule has 0 radical (unpaired) electrons. The molecule has 0 saturated carbocycles. The summed E-state index contributed by atoms with van der Waals surface area (Å²) in [7, 11) is 0. The maximum Gasteiger partial charge on any atom is 0.271 e. The summed E-state index contributed by atoms with van der Waals surface area (Å²) in [5, 5.41) is 9.30. The molecule has 3 aromatic carbocycles. The van der Waals surface area contributed by atoms with Crippen molar-refractivity contribution in [1.29, 1.82) is 0 Å².